The number of hydrogen-bond donors (Lipinski definition) is 1. The molecule has 0 bridgehead atoms. The number of amides is 2. The Kier molecular flexibility index (Phi) is 5.88. The maximum atomic E-state index is 13.9. The van der Waals surface area contributed by atoms with Crippen LogP contribution in [0.25, 0.3) is 0 Å². The number of piperidine rings is 1. The van der Waals surface area contributed by atoms with Crippen molar-refractivity contribution in [3.05, 3.63) is 48.0 Å². The third-order valence-electron chi connectivity index (χ3n) is 6.62. The van der Waals surface area contributed by atoms with Crippen LogP contribution in [0.4, 0.5) is 10.1 Å². The van der Waals surface area contributed by atoms with Crippen molar-refractivity contribution >= 4 is 17.5 Å². The largest absolute Gasteiger partial charge is 0.342 e. The Labute approximate surface area is 176 Å². The van der Waals surface area contributed by atoms with Crippen molar-refractivity contribution in [3.8, 4) is 0 Å². The molecule has 30 heavy (non-hydrogen) atoms. The molecule has 0 spiro atoms. The maximum Gasteiger partial charge on any atom is 0.233 e. The average molecular weight is 413 g/mol. The Bertz CT molecular complexity index is 911. The summed E-state index contributed by atoms with van der Waals surface area (Å²) in [5.41, 5.74) is 0.875. The number of nitrogens with zero attached hydrogens (tertiary/aromatic N) is 3. The second kappa shape index (κ2) is 8.58. The van der Waals surface area contributed by atoms with Crippen LogP contribution in [0.3, 0.4) is 0 Å². The first kappa shape index (κ1) is 20.6. The fourth-order valence-electron chi connectivity index (χ4n) is 4.88. The fourth-order valence-corrected chi connectivity index (χ4v) is 4.88. The Morgan fingerprint density at radius 2 is 1.97 bits per heavy atom. The SMILES string of the molecule is CCn1cc(NC(=O)C2CCN(C(=O)C3(c4cccc(F)c4)CCCC3)CC2)cn1. The molecule has 2 aliphatic rings. The monoisotopic (exact) mass is 412 g/mol. The van der Waals surface area contributed by atoms with Gasteiger partial charge in [0.15, 0.2) is 0 Å². The minimum Gasteiger partial charge on any atom is -0.342 e. The molecule has 2 amide bonds. The van der Waals surface area contributed by atoms with Gasteiger partial charge in [0.1, 0.15) is 5.82 Å². The number of nitrogens with one attached hydrogen (secondary N) is 1. The average Bonchev–Trinajstić information content (AvgIpc) is 3.44. The molecule has 0 radical (unpaired) electrons. The van der Waals surface area contributed by atoms with Gasteiger partial charge in [-0.3, -0.25) is 14.3 Å². The van der Waals surface area contributed by atoms with E-state index in [1.165, 1.54) is 12.1 Å². The summed E-state index contributed by atoms with van der Waals surface area (Å²) in [7, 11) is 0. The molecular formula is C23H29FN4O2. The molecule has 6 nitrogen and oxygen atoms in total. The van der Waals surface area contributed by atoms with Gasteiger partial charge in [0.25, 0.3) is 0 Å². The molecule has 0 unspecified atom stereocenters. The highest BCUT2D eigenvalue weighted by molar-refractivity contribution is 5.93. The normalized spacial score (nSPS) is 19.1. The molecule has 0 atom stereocenters. The first-order chi connectivity index (χ1) is 14.5. The van der Waals surface area contributed by atoms with Crippen LogP contribution in [0.15, 0.2) is 36.7 Å². The second-order valence-corrected chi connectivity index (χ2v) is 8.44. The molecule has 1 aliphatic heterocycles. The molecule has 1 aromatic carbocycles. The van der Waals surface area contributed by atoms with E-state index in [4.69, 9.17) is 0 Å². The number of carbonyl (C=O) groups excluding carboxylic acids is 2. The van der Waals surface area contributed by atoms with E-state index >= 15 is 0 Å². The molecule has 1 N–H and O–H groups in total. The maximum absolute atomic E-state index is 13.9. The number of halogens is 1. The van der Waals surface area contributed by atoms with Crippen LogP contribution >= 0.6 is 0 Å². The number of rotatable bonds is 5. The van der Waals surface area contributed by atoms with Gasteiger partial charge >= 0.3 is 0 Å². The van der Waals surface area contributed by atoms with Gasteiger partial charge in [-0.15, -0.1) is 0 Å². The van der Waals surface area contributed by atoms with Crippen LogP contribution in [0.5, 0.6) is 0 Å². The zero-order valence-corrected chi connectivity index (χ0v) is 17.4. The number of likely N-dealkylation sites (tertiary alicyclic amines) is 1. The number of aromatic nitrogens is 2. The van der Waals surface area contributed by atoms with E-state index < -0.39 is 5.41 Å². The second-order valence-electron chi connectivity index (χ2n) is 8.44. The summed E-state index contributed by atoms with van der Waals surface area (Å²) in [5.74, 6) is -0.340. The Hall–Kier alpha value is -2.70. The van der Waals surface area contributed by atoms with Gasteiger partial charge in [0, 0.05) is 31.7 Å². The van der Waals surface area contributed by atoms with Gasteiger partial charge in [0.05, 0.1) is 17.3 Å². The van der Waals surface area contributed by atoms with Crippen molar-refractivity contribution in [2.24, 2.45) is 5.92 Å². The van der Waals surface area contributed by atoms with E-state index in [9.17, 15) is 14.0 Å². The van der Waals surface area contributed by atoms with E-state index in [-0.39, 0.29) is 23.5 Å². The quantitative estimate of drug-likeness (QED) is 0.814. The van der Waals surface area contributed by atoms with Crippen LogP contribution in [0.1, 0.15) is 51.0 Å². The van der Waals surface area contributed by atoms with Gasteiger partial charge < -0.3 is 10.2 Å². The summed E-state index contributed by atoms with van der Waals surface area (Å²) in [6.45, 7) is 3.86. The highest BCUT2D eigenvalue weighted by Crippen LogP contribution is 2.43. The zero-order valence-electron chi connectivity index (χ0n) is 17.4. The molecule has 7 heteroatoms. The smallest absolute Gasteiger partial charge is 0.233 e. The van der Waals surface area contributed by atoms with Gasteiger partial charge in [-0.2, -0.15) is 5.10 Å². The summed E-state index contributed by atoms with van der Waals surface area (Å²) in [6.07, 6.45) is 8.23. The van der Waals surface area contributed by atoms with Crippen LogP contribution < -0.4 is 5.32 Å². The van der Waals surface area contributed by atoms with Gasteiger partial charge in [-0.05, 0) is 50.3 Å². The third kappa shape index (κ3) is 3.98. The fraction of sp³-hybridized carbons (Fsp3) is 0.522. The third-order valence-corrected chi connectivity index (χ3v) is 6.62. The molecule has 1 saturated carbocycles. The van der Waals surface area contributed by atoms with Gasteiger partial charge in [-0.1, -0.05) is 25.0 Å². The van der Waals surface area contributed by atoms with E-state index in [0.29, 0.717) is 31.6 Å². The van der Waals surface area contributed by atoms with Crippen molar-refractivity contribution < 1.29 is 14.0 Å². The van der Waals surface area contributed by atoms with E-state index in [1.54, 1.807) is 16.9 Å². The topological polar surface area (TPSA) is 67.2 Å². The minimum absolute atomic E-state index is 0.0153. The number of hydrogen-bond acceptors (Lipinski definition) is 3. The van der Waals surface area contributed by atoms with Gasteiger partial charge in [-0.25, -0.2) is 4.39 Å². The van der Waals surface area contributed by atoms with E-state index in [0.717, 1.165) is 37.8 Å². The predicted molar refractivity (Wildman–Crippen MR) is 112 cm³/mol. The number of aryl methyl sites for hydroxylation is 1. The molecule has 1 aromatic heterocycles. The van der Waals surface area contributed by atoms with E-state index in [1.807, 2.05) is 24.1 Å². The predicted octanol–water partition coefficient (Wildman–Crippen LogP) is 3.73. The van der Waals surface area contributed by atoms with Crippen molar-refractivity contribution in [3.63, 3.8) is 0 Å². The summed E-state index contributed by atoms with van der Waals surface area (Å²) >= 11 is 0. The lowest BCUT2D eigenvalue weighted by Gasteiger charge is -2.38. The van der Waals surface area contributed by atoms with Crippen LogP contribution in [0, 0.1) is 11.7 Å². The van der Waals surface area contributed by atoms with E-state index in [2.05, 4.69) is 10.4 Å². The lowest BCUT2D eigenvalue weighted by Crippen LogP contribution is -2.49. The molecule has 2 aromatic rings. The Balaban J connectivity index is 1.40. The highest BCUT2D eigenvalue weighted by atomic mass is 19.1. The molecule has 4 rings (SSSR count). The van der Waals surface area contributed by atoms with Crippen molar-refractivity contribution in [2.75, 3.05) is 18.4 Å². The lowest BCUT2D eigenvalue weighted by molar-refractivity contribution is -0.140. The zero-order chi connectivity index (χ0) is 21.1. The first-order valence-corrected chi connectivity index (χ1v) is 10.9. The molecule has 160 valence electrons. The highest BCUT2D eigenvalue weighted by Gasteiger charge is 2.45. The lowest BCUT2D eigenvalue weighted by atomic mass is 9.77. The molecule has 1 aliphatic carbocycles. The standard InChI is InChI=1S/C23H29FN4O2/c1-2-28-16-20(15-25-28)26-21(29)17-8-12-27(13-9-17)22(30)23(10-3-4-11-23)18-6-5-7-19(24)14-18/h5-7,14-17H,2-4,8-13H2,1H3,(H,26,29). The number of carbonyl (C=O) groups is 2. The number of benzene rings is 1. The Morgan fingerprint density at radius 1 is 1.23 bits per heavy atom. The molecule has 1 saturated heterocycles. The van der Waals surface area contributed by atoms with Crippen LogP contribution in [0.2, 0.25) is 0 Å². The minimum atomic E-state index is -0.619. The summed E-state index contributed by atoms with van der Waals surface area (Å²) in [6, 6.07) is 6.50. The molecular weight excluding hydrogens is 383 g/mol. The van der Waals surface area contributed by atoms with Crippen molar-refractivity contribution in [1.82, 2.24) is 14.7 Å². The van der Waals surface area contributed by atoms with Crippen LogP contribution in [-0.2, 0) is 21.5 Å². The van der Waals surface area contributed by atoms with Gasteiger partial charge in [0.2, 0.25) is 11.8 Å². The summed E-state index contributed by atoms with van der Waals surface area (Å²) < 4.78 is 15.6. The van der Waals surface area contributed by atoms with Crippen molar-refractivity contribution in [1.29, 1.82) is 0 Å². The molecule has 2 fully saturated rings. The first-order valence-electron chi connectivity index (χ1n) is 10.9. The molecule has 2 heterocycles. The Morgan fingerprint density at radius 3 is 2.60 bits per heavy atom. The van der Waals surface area contributed by atoms with Crippen LogP contribution in [-0.4, -0.2) is 39.6 Å². The summed E-state index contributed by atoms with van der Waals surface area (Å²) in [4.78, 5) is 28.0. The number of anilines is 1. The summed E-state index contributed by atoms with van der Waals surface area (Å²) in [5, 5.41) is 7.11. The van der Waals surface area contributed by atoms with Crippen molar-refractivity contribution in [2.45, 2.75) is 57.4 Å².